The molecule has 0 saturated heterocycles. The van der Waals surface area contributed by atoms with Crippen molar-refractivity contribution in [2.75, 3.05) is 19.0 Å². The van der Waals surface area contributed by atoms with Gasteiger partial charge in [0.25, 0.3) is 0 Å². The summed E-state index contributed by atoms with van der Waals surface area (Å²) in [4.78, 5) is 0. The number of rotatable bonds is 4. The van der Waals surface area contributed by atoms with Gasteiger partial charge in [-0.2, -0.15) is 0 Å². The zero-order valence-electron chi connectivity index (χ0n) is 10.1. The molecule has 2 rings (SSSR count). The van der Waals surface area contributed by atoms with Gasteiger partial charge in [-0.25, -0.2) is 0 Å². The van der Waals surface area contributed by atoms with Crippen molar-refractivity contribution in [2.45, 2.75) is 25.3 Å². The van der Waals surface area contributed by atoms with Gasteiger partial charge >= 0.3 is 0 Å². The van der Waals surface area contributed by atoms with Crippen LogP contribution in [0, 0.1) is 5.92 Å². The van der Waals surface area contributed by atoms with E-state index in [2.05, 4.69) is 21.2 Å². The van der Waals surface area contributed by atoms with Crippen LogP contribution < -0.4 is 15.8 Å². The lowest BCUT2D eigenvalue weighted by atomic mass is 10.0. The smallest absolute Gasteiger partial charge is 0.121 e. The quantitative estimate of drug-likeness (QED) is 0.898. The van der Waals surface area contributed by atoms with Crippen LogP contribution in [0.1, 0.15) is 19.3 Å². The number of ether oxygens (including phenoxy) is 1. The molecule has 1 saturated carbocycles. The van der Waals surface area contributed by atoms with E-state index in [1.807, 2.05) is 18.2 Å². The van der Waals surface area contributed by atoms with E-state index in [0.717, 1.165) is 22.5 Å². The summed E-state index contributed by atoms with van der Waals surface area (Å²) in [6, 6.07) is 6.47. The zero-order chi connectivity index (χ0) is 12.3. The number of nitrogens with one attached hydrogen (secondary N) is 1. The highest BCUT2D eigenvalue weighted by atomic mass is 79.9. The Morgan fingerprint density at radius 2 is 2.29 bits per heavy atom. The molecule has 1 aliphatic carbocycles. The van der Waals surface area contributed by atoms with Crippen molar-refractivity contribution in [2.24, 2.45) is 11.7 Å². The standard InChI is InChI=1S/C13H19BrN2O/c1-17-10-5-6-11(14)13(7-10)16-12-4-2-3-9(12)8-15/h5-7,9,12,16H,2-4,8,15H2,1H3. The van der Waals surface area contributed by atoms with E-state index in [-0.39, 0.29) is 0 Å². The van der Waals surface area contributed by atoms with Crippen molar-refractivity contribution < 1.29 is 4.74 Å². The van der Waals surface area contributed by atoms with Gasteiger partial charge in [0.05, 0.1) is 12.8 Å². The summed E-state index contributed by atoms with van der Waals surface area (Å²) < 4.78 is 6.31. The Balaban J connectivity index is 2.12. The minimum absolute atomic E-state index is 0.489. The van der Waals surface area contributed by atoms with Gasteiger partial charge in [-0.1, -0.05) is 6.42 Å². The van der Waals surface area contributed by atoms with Crippen molar-refractivity contribution in [3.8, 4) is 5.75 Å². The molecule has 3 nitrogen and oxygen atoms in total. The van der Waals surface area contributed by atoms with Crippen molar-refractivity contribution in [3.63, 3.8) is 0 Å². The number of benzene rings is 1. The number of anilines is 1. The first-order valence-corrected chi connectivity index (χ1v) is 6.84. The predicted octanol–water partition coefficient (Wildman–Crippen LogP) is 3.00. The molecule has 0 bridgehead atoms. The second kappa shape index (κ2) is 5.74. The molecule has 1 aromatic rings. The number of hydrogen-bond acceptors (Lipinski definition) is 3. The van der Waals surface area contributed by atoms with E-state index in [9.17, 15) is 0 Å². The van der Waals surface area contributed by atoms with E-state index in [4.69, 9.17) is 10.5 Å². The Hall–Kier alpha value is -0.740. The summed E-state index contributed by atoms with van der Waals surface area (Å²) >= 11 is 3.56. The highest BCUT2D eigenvalue weighted by molar-refractivity contribution is 9.10. The van der Waals surface area contributed by atoms with Gasteiger partial charge in [-0.3, -0.25) is 0 Å². The maximum atomic E-state index is 5.80. The summed E-state index contributed by atoms with van der Waals surface area (Å²) in [6.07, 6.45) is 3.70. The molecule has 3 N–H and O–H groups in total. The fourth-order valence-electron chi connectivity index (χ4n) is 2.45. The lowest BCUT2D eigenvalue weighted by Crippen LogP contribution is -2.29. The fraction of sp³-hybridized carbons (Fsp3) is 0.538. The van der Waals surface area contributed by atoms with Gasteiger partial charge in [-0.05, 0) is 53.4 Å². The monoisotopic (exact) mass is 298 g/mol. The molecular weight excluding hydrogens is 280 g/mol. The van der Waals surface area contributed by atoms with E-state index < -0.39 is 0 Å². The second-order valence-electron chi connectivity index (χ2n) is 4.52. The van der Waals surface area contributed by atoms with Crippen LogP contribution in [0.15, 0.2) is 22.7 Å². The van der Waals surface area contributed by atoms with E-state index in [0.29, 0.717) is 12.0 Å². The number of methoxy groups -OCH3 is 1. The Bertz CT molecular complexity index is 384. The lowest BCUT2D eigenvalue weighted by molar-refractivity contribution is 0.414. The Morgan fingerprint density at radius 3 is 3.00 bits per heavy atom. The first-order chi connectivity index (χ1) is 8.24. The molecule has 0 aromatic heterocycles. The Labute approximate surface area is 111 Å². The zero-order valence-corrected chi connectivity index (χ0v) is 11.7. The normalized spacial score (nSPS) is 23.7. The van der Waals surface area contributed by atoms with Crippen LogP contribution in [0.2, 0.25) is 0 Å². The van der Waals surface area contributed by atoms with Gasteiger partial charge in [0.15, 0.2) is 0 Å². The molecule has 4 heteroatoms. The van der Waals surface area contributed by atoms with Crippen molar-refractivity contribution in [3.05, 3.63) is 22.7 Å². The molecule has 0 radical (unpaired) electrons. The van der Waals surface area contributed by atoms with Gasteiger partial charge in [0.2, 0.25) is 0 Å². The molecule has 0 aliphatic heterocycles. The highest BCUT2D eigenvalue weighted by Gasteiger charge is 2.26. The van der Waals surface area contributed by atoms with E-state index >= 15 is 0 Å². The largest absolute Gasteiger partial charge is 0.497 e. The van der Waals surface area contributed by atoms with Gasteiger partial charge < -0.3 is 15.8 Å². The van der Waals surface area contributed by atoms with Crippen LogP contribution in [-0.2, 0) is 0 Å². The van der Waals surface area contributed by atoms with Crippen LogP contribution in [0.5, 0.6) is 5.75 Å². The Kier molecular flexibility index (Phi) is 4.29. The topological polar surface area (TPSA) is 47.3 Å². The summed E-state index contributed by atoms with van der Waals surface area (Å²) in [5, 5.41) is 3.58. The van der Waals surface area contributed by atoms with Gasteiger partial charge in [0.1, 0.15) is 5.75 Å². The SMILES string of the molecule is COc1ccc(Br)c(NC2CCCC2CN)c1. The van der Waals surface area contributed by atoms with E-state index in [1.54, 1.807) is 7.11 Å². The number of nitrogens with two attached hydrogens (primary N) is 1. The molecule has 1 aromatic carbocycles. The molecule has 0 amide bonds. The molecule has 0 spiro atoms. The summed E-state index contributed by atoms with van der Waals surface area (Å²) in [5.74, 6) is 1.46. The second-order valence-corrected chi connectivity index (χ2v) is 5.38. The number of halogens is 1. The first kappa shape index (κ1) is 12.7. The van der Waals surface area contributed by atoms with Crippen molar-refractivity contribution in [1.82, 2.24) is 0 Å². The molecule has 1 aliphatic rings. The van der Waals surface area contributed by atoms with Crippen LogP contribution in [0.4, 0.5) is 5.69 Å². The van der Waals surface area contributed by atoms with Gasteiger partial charge in [-0.15, -0.1) is 0 Å². The van der Waals surface area contributed by atoms with Gasteiger partial charge in [0, 0.05) is 16.6 Å². The summed E-state index contributed by atoms with van der Waals surface area (Å²) in [7, 11) is 1.69. The van der Waals surface area contributed by atoms with Crippen LogP contribution in [0.3, 0.4) is 0 Å². The minimum Gasteiger partial charge on any atom is -0.497 e. The third-order valence-electron chi connectivity index (χ3n) is 3.48. The molecule has 1 fully saturated rings. The highest BCUT2D eigenvalue weighted by Crippen LogP contribution is 2.32. The predicted molar refractivity (Wildman–Crippen MR) is 74.5 cm³/mol. The first-order valence-electron chi connectivity index (χ1n) is 6.04. The van der Waals surface area contributed by atoms with E-state index in [1.165, 1.54) is 19.3 Å². The molecule has 2 unspecified atom stereocenters. The molecular formula is C13H19BrN2O. The molecule has 17 heavy (non-hydrogen) atoms. The van der Waals surface area contributed by atoms with Crippen LogP contribution in [-0.4, -0.2) is 19.7 Å². The molecule has 2 atom stereocenters. The summed E-state index contributed by atoms with van der Waals surface area (Å²) in [5.41, 5.74) is 6.89. The van der Waals surface area contributed by atoms with Crippen molar-refractivity contribution >= 4 is 21.6 Å². The minimum atomic E-state index is 0.489. The third kappa shape index (κ3) is 2.93. The summed E-state index contributed by atoms with van der Waals surface area (Å²) in [6.45, 7) is 0.763. The number of hydrogen-bond donors (Lipinski definition) is 2. The fourth-order valence-corrected chi connectivity index (χ4v) is 2.81. The average molecular weight is 299 g/mol. The van der Waals surface area contributed by atoms with Crippen LogP contribution in [0.25, 0.3) is 0 Å². The lowest BCUT2D eigenvalue weighted by Gasteiger charge is -2.21. The maximum Gasteiger partial charge on any atom is 0.121 e. The molecule has 0 heterocycles. The average Bonchev–Trinajstić information content (AvgIpc) is 2.79. The van der Waals surface area contributed by atoms with Crippen LogP contribution >= 0.6 is 15.9 Å². The Morgan fingerprint density at radius 1 is 1.47 bits per heavy atom. The third-order valence-corrected chi connectivity index (χ3v) is 4.17. The molecule has 94 valence electrons. The maximum absolute atomic E-state index is 5.80. The van der Waals surface area contributed by atoms with Crippen molar-refractivity contribution in [1.29, 1.82) is 0 Å².